The maximum Gasteiger partial charge on any atom is 0.346 e. The summed E-state index contributed by atoms with van der Waals surface area (Å²) in [6, 6.07) is 68.6. The second-order valence-electron chi connectivity index (χ2n) is 19.4. The van der Waals surface area contributed by atoms with Gasteiger partial charge in [-0.25, -0.2) is 0 Å². The summed E-state index contributed by atoms with van der Waals surface area (Å²) in [5.74, 6) is 0. The third-order valence-electron chi connectivity index (χ3n) is 14.2. The summed E-state index contributed by atoms with van der Waals surface area (Å²) >= 11 is 0. The highest BCUT2D eigenvalue weighted by Crippen LogP contribution is 2.38. The van der Waals surface area contributed by atoms with Crippen molar-refractivity contribution in [3.63, 3.8) is 0 Å². The van der Waals surface area contributed by atoms with Gasteiger partial charge in [0.05, 0.1) is 44.1 Å². The molecule has 12 aromatic rings. The molecule has 0 aliphatic carbocycles. The molecule has 12 heteroatoms. The Morgan fingerprint density at radius 2 is 0.375 bits per heavy atom. The third-order valence-corrected chi connectivity index (χ3v) is 30.2. The van der Waals surface area contributed by atoms with Gasteiger partial charge in [-0.1, -0.05) is 146 Å². The zero-order chi connectivity index (χ0) is 48.7. The monoisotopic (exact) mass is 1000 g/mol. The van der Waals surface area contributed by atoms with E-state index in [4.69, 9.17) is 16.5 Å². The summed E-state index contributed by atoms with van der Waals surface area (Å²) in [5, 5.41) is 9.51. The van der Waals surface area contributed by atoms with Crippen LogP contribution in [0.15, 0.2) is 217 Å². The number of nitrogens with zero attached hydrogens (tertiary/aromatic N) is 4. The molecule has 13 rings (SSSR count). The van der Waals surface area contributed by atoms with Gasteiger partial charge in [0.25, 0.3) is 0 Å². The van der Waals surface area contributed by atoms with Crippen molar-refractivity contribution in [1.82, 2.24) is 18.3 Å². The molecule has 8 nitrogen and oxygen atoms in total. The molecule has 1 aliphatic rings. The lowest BCUT2D eigenvalue weighted by Gasteiger charge is -2.47. The molecule has 0 radical (unpaired) electrons. The lowest BCUT2D eigenvalue weighted by Crippen LogP contribution is -2.66. The van der Waals surface area contributed by atoms with E-state index in [2.05, 4.69) is 286 Å². The Morgan fingerprint density at radius 3 is 0.528 bits per heavy atom. The van der Waals surface area contributed by atoms with Crippen molar-refractivity contribution in [3.05, 3.63) is 217 Å². The lowest BCUT2D eigenvalue weighted by atomic mass is 10.2. The van der Waals surface area contributed by atoms with E-state index >= 15 is 0 Å². The van der Waals surface area contributed by atoms with Crippen LogP contribution in [-0.2, 0) is 16.5 Å². The van der Waals surface area contributed by atoms with Gasteiger partial charge in [-0.15, -0.1) is 0 Å². The number of para-hydroxylation sites is 8. The van der Waals surface area contributed by atoms with Gasteiger partial charge >= 0.3 is 34.2 Å². The first kappa shape index (κ1) is 44.6. The molecule has 352 valence electrons. The van der Waals surface area contributed by atoms with E-state index in [9.17, 15) is 0 Å². The second kappa shape index (κ2) is 17.2. The average molecular weight is 1010 g/mol. The number of benzene rings is 8. The molecule has 0 N–H and O–H groups in total. The van der Waals surface area contributed by atoms with E-state index in [0.29, 0.717) is 0 Å². The van der Waals surface area contributed by atoms with Gasteiger partial charge in [0.15, 0.2) is 0 Å². The van der Waals surface area contributed by atoms with Crippen LogP contribution in [0.5, 0.6) is 0 Å². The van der Waals surface area contributed by atoms with Crippen LogP contribution < -0.4 is 0 Å². The van der Waals surface area contributed by atoms with Crippen molar-refractivity contribution in [2.24, 2.45) is 0 Å². The van der Waals surface area contributed by atoms with Gasteiger partial charge < -0.3 is 34.7 Å². The van der Waals surface area contributed by atoms with Crippen molar-refractivity contribution in [1.29, 1.82) is 0 Å². The summed E-state index contributed by atoms with van der Waals surface area (Å²) in [6.45, 7) is 8.62. The van der Waals surface area contributed by atoms with Crippen LogP contribution in [-0.4, -0.2) is 52.5 Å². The SMILES string of the molecule is C[Si]1(/C=C/n2c3ccccc3c3ccccc32)O[Si](C)(/C=C/n2c3ccccc3c3ccccc32)O[Si](C)(/C=C/n2c3ccccc3c3ccccc32)O[Si](C)(/C=C/n2c3ccccc3c3ccccc32)O1. The number of rotatable bonds is 8. The second-order valence-corrected chi connectivity index (χ2v) is 32.1. The van der Waals surface area contributed by atoms with E-state index < -0.39 is 34.2 Å². The van der Waals surface area contributed by atoms with Crippen LogP contribution in [0.3, 0.4) is 0 Å². The Bertz CT molecular complexity index is 3470. The fourth-order valence-corrected chi connectivity index (χ4v) is 30.2. The first-order valence-electron chi connectivity index (χ1n) is 24.6. The van der Waals surface area contributed by atoms with E-state index in [1.165, 1.54) is 43.1 Å². The molecule has 1 saturated heterocycles. The van der Waals surface area contributed by atoms with Gasteiger partial charge in [0.1, 0.15) is 0 Å². The molecule has 1 fully saturated rings. The molecule has 0 bridgehead atoms. The third kappa shape index (κ3) is 7.62. The standard InChI is InChI=1S/C60H52N4O4Si4/c1-69(41-37-61-53-29-13-5-21-45(53)46-22-6-14-30-54(46)61)65-70(2,42-38-62-55-31-15-7-23-47(55)48-24-8-16-32-56(48)62)67-72(4,44-40-64-59-35-19-11-27-51(59)52-28-12-20-36-60(52)64)68-71(3,66-69)43-39-63-57-33-17-9-25-49(57)50-26-10-18-34-58(50)63/h5-44H,1-4H3/b41-37+,42-38+,43-39+,44-40+. The molecule has 0 atom stereocenters. The van der Waals surface area contributed by atoms with Crippen molar-refractivity contribution < 1.29 is 16.5 Å². The predicted octanol–water partition coefficient (Wildman–Crippen LogP) is 15.6. The fraction of sp³-hybridized carbons (Fsp3) is 0.0667. The van der Waals surface area contributed by atoms with E-state index in [-0.39, 0.29) is 0 Å². The maximum absolute atomic E-state index is 7.80. The lowest BCUT2D eigenvalue weighted by molar-refractivity contribution is 0.251. The van der Waals surface area contributed by atoms with Crippen LogP contribution in [0.2, 0.25) is 26.2 Å². The molecule has 8 aromatic carbocycles. The van der Waals surface area contributed by atoms with Crippen molar-refractivity contribution >= 4 is 146 Å². The van der Waals surface area contributed by atoms with Crippen LogP contribution in [0.4, 0.5) is 0 Å². The van der Waals surface area contributed by atoms with Crippen LogP contribution >= 0.6 is 0 Å². The van der Waals surface area contributed by atoms with Crippen molar-refractivity contribution in [2.45, 2.75) is 26.2 Å². The van der Waals surface area contributed by atoms with Gasteiger partial charge in [-0.3, -0.25) is 0 Å². The van der Waals surface area contributed by atoms with Crippen molar-refractivity contribution in [3.8, 4) is 0 Å². The first-order valence-corrected chi connectivity index (χ1v) is 34.1. The molecule has 1 aliphatic heterocycles. The Kier molecular flexibility index (Phi) is 10.6. The summed E-state index contributed by atoms with van der Waals surface area (Å²) in [6.07, 6.45) is 8.64. The normalized spacial score (nSPS) is 22.5. The zero-order valence-corrected chi connectivity index (χ0v) is 44.5. The minimum absolute atomic E-state index is 1.11. The number of hydrogen-bond donors (Lipinski definition) is 0. The highest BCUT2D eigenvalue weighted by Gasteiger charge is 2.55. The molecule has 5 heterocycles. The van der Waals surface area contributed by atoms with Crippen LogP contribution in [0.25, 0.3) is 112 Å². The predicted molar refractivity (Wildman–Crippen MR) is 310 cm³/mol. The fourth-order valence-electron chi connectivity index (χ4n) is 11.3. The van der Waals surface area contributed by atoms with Crippen LogP contribution in [0.1, 0.15) is 0 Å². The first-order chi connectivity index (χ1) is 35.1. The van der Waals surface area contributed by atoms with E-state index in [0.717, 1.165) is 44.1 Å². The number of hydrogen-bond acceptors (Lipinski definition) is 4. The van der Waals surface area contributed by atoms with E-state index in [1.54, 1.807) is 0 Å². The Hall–Kier alpha value is -7.37. The molecule has 0 unspecified atom stereocenters. The summed E-state index contributed by atoms with van der Waals surface area (Å²) in [4.78, 5) is 0. The summed E-state index contributed by atoms with van der Waals surface area (Å²) in [5.41, 5.74) is 17.6. The number of fused-ring (bicyclic) bond motifs is 12. The minimum Gasteiger partial charge on any atom is -0.409 e. The molecule has 0 saturated carbocycles. The van der Waals surface area contributed by atoms with Crippen molar-refractivity contribution in [2.75, 3.05) is 0 Å². The summed E-state index contributed by atoms with van der Waals surface area (Å²) in [7, 11) is -13.8. The molecule has 4 aromatic heterocycles. The molecule has 0 spiro atoms. The smallest absolute Gasteiger partial charge is 0.346 e. The quantitative estimate of drug-likeness (QED) is 0.142. The molecule has 0 amide bonds. The Labute approximate surface area is 421 Å². The highest BCUT2D eigenvalue weighted by molar-refractivity contribution is 6.98. The topological polar surface area (TPSA) is 56.6 Å². The van der Waals surface area contributed by atoms with E-state index in [1.807, 2.05) is 0 Å². The maximum atomic E-state index is 7.80. The molecular formula is C60H52N4O4Si4. The largest absolute Gasteiger partial charge is 0.409 e. The Morgan fingerprint density at radius 1 is 0.236 bits per heavy atom. The van der Waals surface area contributed by atoms with Gasteiger partial charge in [0, 0.05) is 67.9 Å². The molecule has 72 heavy (non-hydrogen) atoms. The summed E-state index contributed by atoms with van der Waals surface area (Å²) < 4.78 is 40.3. The Balaban J connectivity index is 1.00. The zero-order valence-electron chi connectivity index (χ0n) is 40.5. The van der Waals surface area contributed by atoms with Gasteiger partial charge in [0.2, 0.25) is 0 Å². The van der Waals surface area contributed by atoms with Gasteiger partial charge in [-0.05, 0) is 97.5 Å². The minimum atomic E-state index is -3.45. The van der Waals surface area contributed by atoms with Gasteiger partial charge in [-0.2, -0.15) is 0 Å². The number of aromatic nitrogens is 4. The van der Waals surface area contributed by atoms with Crippen LogP contribution in [0, 0.1) is 0 Å². The average Bonchev–Trinajstić information content (AvgIpc) is 4.11. The molecular weight excluding hydrogens is 953 g/mol. The highest BCUT2D eigenvalue weighted by atomic mass is 28.5.